The van der Waals surface area contributed by atoms with Gasteiger partial charge in [-0.05, 0) is 60.5 Å². The molecule has 170 valence electrons. The molecule has 1 aliphatic heterocycles. The third-order valence-electron chi connectivity index (χ3n) is 6.54. The Labute approximate surface area is 199 Å². The minimum absolute atomic E-state index is 0.0628. The summed E-state index contributed by atoms with van der Waals surface area (Å²) in [6.45, 7) is 4.44. The number of hydrogen-bond acceptors (Lipinski definition) is 7. The van der Waals surface area contributed by atoms with Gasteiger partial charge in [0.15, 0.2) is 5.79 Å². The van der Waals surface area contributed by atoms with E-state index < -0.39 is 5.79 Å². The maximum absolute atomic E-state index is 6.35. The van der Waals surface area contributed by atoms with E-state index in [-0.39, 0.29) is 24.2 Å². The summed E-state index contributed by atoms with van der Waals surface area (Å²) in [5, 5.41) is 1.91. The highest BCUT2D eigenvalue weighted by molar-refractivity contribution is 9.10. The first-order valence-electron chi connectivity index (χ1n) is 11.0. The van der Waals surface area contributed by atoms with Crippen molar-refractivity contribution in [1.29, 1.82) is 0 Å². The van der Waals surface area contributed by atoms with Gasteiger partial charge in [-0.1, -0.05) is 0 Å². The predicted molar refractivity (Wildman–Crippen MR) is 128 cm³/mol. The number of anilines is 1. The number of fused-ring (bicyclic) bond motifs is 3. The summed E-state index contributed by atoms with van der Waals surface area (Å²) in [7, 11) is 0. The molecule has 9 heteroatoms. The summed E-state index contributed by atoms with van der Waals surface area (Å²) in [4.78, 5) is 13.1. The van der Waals surface area contributed by atoms with Gasteiger partial charge in [0.05, 0.1) is 29.7 Å². The highest BCUT2D eigenvalue weighted by Gasteiger charge is 2.55. The van der Waals surface area contributed by atoms with E-state index in [1.165, 1.54) is 6.33 Å². The van der Waals surface area contributed by atoms with Crippen LogP contribution in [0.25, 0.3) is 21.9 Å². The molecule has 6 rings (SSSR count). The molecule has 8 nitrogen and oxygen atoms in total. The second kappa shape index (κ2) is 7.65. The van der Waals surface area contributed by atoms with Gasteiger partial charge in [-0.3, -0.25) is 4.98 Å². The van der Waals surface area contributed by atoms with Crippen LogP contribution in [0.15, 0.2) is 53.5 Å². The number of nitrogens with two attached hydrogens (primary N) is 1. The standard InChI is InChI=1S/C24H24BrN5O3/c1-24(2)32-20-14(11-31-16-4-3-13-7-15(25)10-27-18(13)9-16)8-19(21(20)33-24)30-6-5-17-22(26)28-12-29-23(17)30/h3-7,9-10,12,14,19-21H,8,11H2,1-2H3,(H2,26,28,29)/t14-,19-,20-,21+/m1/s1. The summed E-state index contributed by atoms with van der Waals surface area (Å²) in [5.74, 6) is 0.784. The van der Waals surface area contributed by atoms with Gasteiger partial charge in [-0.15, -0.1) is 0 Å². The smallest absolute Gasteiger partial charge is 0.163 e. The van der Waals surface area contributed by atoms with Crippen LogP contribution in [0.3, 0.4) is 0 Å². The fourth-order valence-electron chi connectivity index (χ4n) is 5.12. The van der Waals surface area contributed by atoms with Crippen molar-refractivity contribution in [3.8, 4) is 5.75 Å². The minimum atomic E-state index is -0.649. The molecule has 1 saturated carbocycles. The number of benzene rings is 1. The first kappa shape index (κ1) is 20.8. The molecular weight excluding hydrogens is 486 g/mol. The Hall–Kier alpha value is -2.75. The topological polar surface area (TPSA) is 97.3 Å². The van der Waals surface area contributed by atoms with Gasteiger partial charge in [0.2, 0.25) is 0 Å². The van der Waals surface area contributed by atoms with Crippen LogP contribution >= 0.6 is 15.9 Å². The Balaban J connectivity index is 1.27. The number of nitrogens with zero attached hydrogens (tertiary/aromatic N) is 4. The van der Waals surface area contributed by atoms with Gasteiger partial charge in [0.25, 0.3) is 0 Å². The van der Waals surface area contributed by atoms with Crippen molar-refractivity contribution in [2.75, 3.05) is 12.3 Å². The van der Waals surface area contributed by atoms with E-state index in [9.17, 15) is 0 Å². The van der Waals surface area contributed by atoms with Crippen molar-refractivity contribution in [3.63, 3.8) is 0 Å². The largest absolute Gasteiger partial charge is 0.493 e. The van der Waals surface area contributed by atoms with Crippen molar-refractivity contribution in [3.05, 3.63) is 53.5 Å². The summed E-state index contributed by atoms with van der Waals surface area (Å²) in [5.41, 5.74) is 7.77. The van der Waals surface area contributed by atoms with Crippen LogP contribution in [0.2, 0.25) is 0 Å². The highest BCUT2D eigenvalue weighted by Crippen LogP contribution is 2.48. The molecule has 33 heavy (non-hydrogen) atoms. The van der Waals surface area contributed by atoms with E-state index in [1.807, 2.05) is 50.4 Å². The summed E-state index contributed by atoms with van der Waals surface area (Å²) >= 11 is 3.47. The lowest BCUT2D eigenvalue weighted by Crippen LogP contribution is -2.29. The Morgan fingerprint density at radius 1 is 1.15 bits per heavy atom. The van der Waals surface area contributed by atoms with Crippen molar-refractivity contribution in [1.82, 2.24) is 19.5 Å². The Bertz CT molecular complexity index is 1360. The van der Waals surface area contributed by atoms with Crippen LogP contribution in [0.1, 0.15) is 26.3 Å². The fraction of sp³-hybridized carbons (Fsp3) is 0.375. The molecule has 2 fully saturated rings. The normalized spacial score (nSPS) is 26.2. The van der Waals surface area contributed by atoms with Gasteiger partial charge in [-0.2, -0.15) is 0 Å². The van der Waals surface area contributed by atoms with Crippen LogP contribution in [0, 0.1) is 5.92 Å². The SMILES string of the molecule is CC1(C)O[C@@H]2[C@@H](COc3ccc4cc(Br)cnc4c3)C[C@@H](n3ccc4c(N)ncnc43)[C@@H]2O1. The van der Waals surface area contributed by atoms with Gasteiger partial charge in [0.1, 0.15) is 29.6 Å². The maximum Gasteiger partial charge on any atom is 0.163 e. The summed E-state index contributed by atoms with van der Waals surface area (Å²) in [6.07, 6.45) is 5.98. The summed E-state index contributed by atoms with van der Waals surface area (Å²) < 4.78 is 22.0. The molecule has 0 bridgehead atoms. The molecule has 2 aliphatic rings. The molecule has 0 radical (unpaired) electrons. The van der Waals surface area contributed by atoms with Gasteiger partial charge >= 0.3 is 0 Å². The molecule has 0 unspecified atom stereocenters. The molecule has 1 aromatic carbocycles. The van der Waals surface area contributed by atoms with Crippen LogP contribution in [0.4, 0.5) is 5.82 Å². The quantitative estimate of drug-likeness (QED) is 0.432. The molecule has 1 aliphatic carbocycles. The number of pyridine rings is 1. The molecule has 4 heterocycles. The van der Waals surface area contributed by atoms with E-state index in [2.05, 4.69) is 35.4 Å². The summed E-state index contributed by atoms with van der Waals surface area (Å²) in [6, 6.07) is 10.0. The van der Waals surface area contributed by atoms with Gasteiger partial charge < -0.3 is 24.5 Å². The second-order valence-corrected chi connectivity index (χ2v) is 10.1. The number of nitrogen functional groups attached to an aromatic ring is 1. The lowest BCUT2D eigenvalue weighted by Gasteiger charge is -2.24. The van der Waals surface area contributed by atoms with Crippen molar-refractivity contribution in [2.45, 2.75) is 44.3 Å². The van der Waals surface area contributed by atoms with E-state index in [4.69, 9.17) is 19.9 Å². The van der Waals surface area contributed by atoms with E-state index in [0.717, 1.165) is 38.6 Å². The van der Waals surface area contributed by atoms with Gasteiger partial charge in [-0.25, -0.2) is 9.97 Å². The fourth-order valence-corrected chi connectivity index (χ4v) is 5.47. The second-order valence-electron chi connectivity index (χ2n) is 9.17. The van der Waals surface area contributed by atoms with E-state index >= 15 is 0 Å². The molecule has 1 saturated heterocycles. The van der Waals surface area contributed by atoms with Crippen LogP contribution in [-0.4, -0.2) is 44.1 Å². The zero-order chi connectivity index (χ0) is 22.7. The molecular formula is C24H24BrN5O3. The third-order valence-corrected chi connectivity index (χ3v) is 6.97. The van der Waals surface area contributed by atoms with Gasteiger partial charge in [0, 0.05) is 34.2 Å². The van der Waals surface area contributed by atoms with E-state index in [0.29, 0.717) is 12.4 Å². The molecule has 3 aromatic heterocycles. The molecule has 2 N–H and O–H groups in total. The zero-order valence-corrected chi connectivity index (χ0v) is 19.9. The lowest BCUT2D eigenvalue weighted by molar-refractivity contribution is -0.161. The van der Waals surface area contributed by atoms with Crippen LogP contribution < -0.4 is 10.5 Å². The maximum atomic E-state index is 6.35. The number of halogens is 1. The predicted octanol–water partition coefficient (Wildman–Crippen LogP) is 4.48. The minimum Gasteiger partial charge on any atom is -0.493 e. The van der Waals surface area contributed by atoms with Crippen molar-refractivity contribution < 1.29 is 14.2 Å². The number of ether oxygens (including phenoxy) is 3. The first-order valence-corrected chi connectivity index (χ1v) is 11.8. The Kier molecular flexibility index (Phi) is 4.83. The average molecular weight is 510 g/mol. The number of rotatable bonds is 4. The van der Waals surface area contributed by atoms with Crippen LogP contribution in [0.5, 0.6) is 5.75 Å². The van der Waals surface area contributed by atoms with E-state index in [1.54, 1.807) is 6.20 Å². The molecule has 0 amide bonds. The number of hydrogen-bond donors (Lipinski definition) is 1. The van der Waals surface area contributed by atoms with Crippen molar-refractivity contribution >= 4 is 43.7 Å². The number of aromatic nitrogens is 4. The monoisotopic (exact) mass is 509 g/mol. The molecule has 4 aromatic rings. The molecule has 4 atom stereocenters. The van der Waals surface area contributed by atoms with Crippen molar-refractivity contribution in [2.24, 2.45) is 5.92 Å². The Morgan fingerprint density at radius 2 is 2.00 bits per heavy atom. The first-order chi connectivity index (χ1) is 15.9. The highest BCUT2D eigenvalue weighted by atomic mass is 79.9. The Morgan fingerprint density at radius 3 is 2.88 bits per heavy atom. The molecule has 0 spiro atoms. The average Bonchev–Trinajstić information content (AvgIpc) is 3.44. The third kappa shape index (κ3) is 3.64. The zero-order valence-electron chi connectivity index (χ0n) is 18.3. The lowest BCUT2D eigenvalue weighted by atomic mass is 10.1. The van der Waals surface area contributed by atoms with Crippen LogP contribution in [-0.2, 0) is 9.47 Å².